The van der Waals surface area contributed by atoms with Crippen LogP contribution in [0.5, 0.6) is 11.8 Å². The van der Waals surface area contributed by atoms with Crippen molar-refractivity contribution in [1.29, 1.82) is 0 Å². The first kappa shape index (κ1) is 22.0. The minimum absolute atomic E-state index is 0.0105. The van der Waals surface area contributed by atoms with Gasteiger partial charge in [-0.1, -0.05) is 24.3 Å². The number of fused-ring (bicyclic) bond motifs is 1. The fourth-order valence-electron chi connectivity index (χ4n) is 4.48. The zero-order valence-electron chi connectivity index (χ0n) is 19.2. The highest BCUT2D eigenvalue weighted by atomic mass is 16.5. The highest BCUT2D eigenvalue weighted by Gasteiger charge is 2.25. The number of likely N-dealkylation sites (N-methyl/N-ethyl adjacent to an activating group) is 1. The van der Waals surface area contributed by atoms with Crippen LogP contribution in [0, 0.1) is 5.92 Å². The number of hydrogen-bond acceptors (Lipinski definition) is 6. The van der Waals surface area contributed by atoms with Gasteiger partial charge in [-0.05, 0) is 61.3 Å². The van der Waals surface area contributed by atoms with Crippen molar-refractivity contribution in [2.75, 3.05) is 33.2 Å². The number of ether oxygens (including phenoxy) is 1. The lowest BCUT2D eigenvalue weighted by Gasteiger charge is -2.24. The molecule has 0 bridgehead atoms. The predicted octanol–water partition coefficient (Wildman–Crippen LogP) is 4.06. The molecule has 1 amide bonds. The van der Waals surface area contributed by atoms with E-state index in [1.807, 2.05) is 41.4 Å². The van der Waals surface area contributed by atoms with Crippen LogP contribution in [0.2, 0.25) is 0 Å². The number of carbonyl (C=O) groups excluding carboxylic acids is 1. The van der Waals surface area contributed by atoms with E-state index >= 15 is 0 Å². The van der Waals surface area contributed by atoms with Gasteiger partial charge < -0.3 is 14.5 Å². The van der Waals surface area contributed by atoms with Gasteiger partial charge >= 0.3 is 6.01 Å². The molecule has 0 aliphatic carbocycles. The van der Waals surface area contributed by atoms with Gasteiger partial charge in [-0.15, -0.1) is 0 Å². The first-order chi connectivity index (χ1) is 16.6. The number of pyridine rings is 1. The smallest absolute Gasteiger partial charge is 0.321 e. The Kier molecular flexibility index (Phi) is 6.44. The molecule has 0 saturated carbocycles. The van der Waals surface area contributed by atoms with E-state index < -0.39 is 0 Å². The van der Waals surface area contributed by atoms with E-state index in [-0.39, 0.29) is 11.9 Å². The van der Waals surface area contributed by atoms with Crippen LogP contribution in [0.3, 0.4) is 0 Å². The molecule has 1 aliphatic heterocycles. The van der Waals surface area contributed by atoms with Crippen LogP contribution in [-0.2, 0) is 6.42 Å². The molecule has 5 rings (SSSR count). The van der Waals surface area contributed by atoms with Crippen molar-refractivity contribution in [3.63, 3.8) is 0 Å². The maximum Gasteiger partial charge on any atom is 0.321 e. The Morgan fingerprint density at radius 3 is 2.71 bits per heavy atom. The van der Waals surface area contributed by atoms with Gasteiger partial charge in [0.25, 0.3) is 5.91 Å². The molecular weight excluding hydrogens is 426 g/mol. The van der Waals surface area contributed by atoms with Crippen LogP contribution in [0.4, 0.5) is 0 Å². The molecule has 2 aromatic heterocycles. The summed E-state index contributed by atoms with van der Waals surface area (Å²) in [5, 5.41) is 1.15. The molecule has 0 unspecified atom stereocenters. The van der Waals surface area contributed by atoms with Crippen molar-refractivity contribution in [2.24, 2.45) is 5.92 Å². The lowest BCUT2D eigenvalue weighted by atomic mass is 9.98. The standard InChI is InChI=1S/C27H27N5O2/c1-31-12-13-32(19-21(18-31)14-20-15-22-6-2-3-9-25(22)30-17-20)26(33)23-7-4-8-24(16-23)34-27-28-10-5-11-29-27/h2-11,15-17,21H,12-14,18-19H2,1H3/t21-/m0/s1. The summed E-state index contributed by atoms with van der Waals surface area (Å²) in [4.78, 5) is 30.5. The topological polar surface area (TPSA) is 71.5 Å². The van der Waals surface area contributed by atoms with Gasteiger partial charge in [0.1, 0.15) is 5.75 Å². The lowest BCUT2D eigenvalue weighted by Crippen LogP contribution is -2.36. The third-order valence-electron chi connectivity index (χ3n) is 6.09. The monoisotopic (exact) mass is 453 g/mol. The first-order valence-corrected chi connectivity index (χ1v) is 11.5. The van der Waals surface area contributed by atoms with Gasteiger partial charge in [0, 0.05) is 55.7 Å². The highest BCUT2D eigenvalue weighted by molar-refractivity contribution is 5.94. The zero-order valence-corrected chi connectivity index (χ0v) is 19.2. The fraction of sp³-hybridized carbons (Fsp3) is 0.259. The van der Waals surface area contributed by atoms with Crippen molar-refractivity contribution in [2.45, 2.75) is 6.42 Å². The summed E-state index contributed by atoms with van der Waals surface area (Å²) < 4.78 is 5.73. The average molecular weight is 454 g/mol. The number of rotatable bonds is 5. The number of carbonyl (C=O) groups is 1. The first-order valence-electron chi connectivity index (χ1n) is 11.5. The zero-order chi connectivity index (χ0) is 23.3. The van der Waals surface area contributed by atoms with Crippen molar-refractivity contribution in [1.82, 2.24) is 24.8 Å². The largest absolute Gasteiger partial charge is 0.424 e. The van der Waals surface area contributed by atoms with Crippen molar-refractivity contribution >= 4 is 16.8 Å². The lowest BCUT2D eigenvalue weighted by molar-refractivity contribution is 0.0746. The maximum atomic E-state index is 13.4. The van der Waals surface area contributed by atoms with Gasteiger partial charge in [-0.25, -0.2) is 9.97 Å². The summed E-state index contributed by atoms with van der Waals surface area (Å²) in [5.74, 6) is 0.871. The number of hydrogen-bond donors (Lipinski definition) is 0. The van der Waals surface area contributed by atoms with Crippen LogP contribution in [0.1, 0.15) is 15.9 Å². The van der Waals surface area contributed by atoms with Gasteiger partial charge in [0.15, 0.2) is 0 Å². The second kappa shape index (κ2) is 9.97. The van der Waals surface area contributed by atoms with E-state index in [1.54, 1.807) is 30.6 Å². The Hall–Kier alpha value is -3.84. The molecule has 1 fully saturated rings. The van der Waals surface area contributed by atoms with E-state index in [2.05, 4.69) is 39.0 Å². The summed E-state index contributed by atoms with van der Waals surface area (Å²) in [6, 6.07) is 19.6. The maximum absolute atomic E-state index is 13.4. The summed E-state index contributed by atoms with van der Waals surface area (Å²) in [6.45, 7) is 3.16. The Balaban J connectivity index is 1.31. The molecule has 2 aromatic carbocycles. The summed E-state index contributed by atoms with van der Waals surface area (Å²) in [7, 11) is 2.12. The second-order valence-corrected chi connectivity index (χ2v) is 8.78. The molecular formula is C27H27N5O2. The molecule has 1 aliphatic rings. The Morgan fingerprint density at radius 2 is 1.82 bits per heavy atom. The summed E-state index contributed by atoms with van der Waals surface area (Å²) in [6.07, 6.45) is 6.08. The van der Waals surface area contributed by atoms with E-state index in [4.69, 9.17) is 4.74 Å². The van der Waals surface area contributed by atoms with Crippen LogP contribution in [0.25, 0.3) is 10.9 Å². The molecule has 3 heterocycles. The average Bonchev–Trinajstić information content (AvgIpc) is 3.05. The molecule has 7 heteroatoms. The van der Waals surface area contributed by atoms with Crippen molar-refractivity contribution in [3.05, 3.63) is 90.4 Å². The van der Waals surface area contributed by atoms with Gasteiger partial charge in [0.05, 0.1) is 5.52 Å². The van der Waals surface area contributed by atoms with E-state index in [9.17, 15) is 4.79 Å². The minimum atomic E-state index is 0.0105. The molecule has 0 radical (unpaired) electrons. The van der Waals surface area contributed by atoms with E-state index in [0.717, 1.165) is 30.4 Å². The Labute approximate surface area is 199 Å². The SMILES string of the molecule is CN1CCN(C(=O)c2cccc(Oc3ncccn3)c2)C[C@@H](Cc2cnc3ccccc3c2)C1. The molecule has 1 saturated heterocycles. The van der Waals surface area contributed by atoms with Crippen molar-refractivity contribution in [3.8, 4) is 11.8 Å². The van der Waals surface area contributed by atoms with Gasteiger partial charge in [-0.2, -0.15) is 0 Å². The molecule has 34 heavy (non-hydrogen) atoms. The Bertz CT molecular complexity index is 1280. The third-order valence-corrected chi connectivity index (χ3v) is 6.09. The third kappa shape index (κ3) is 5.21. The molecule has 0 N–H and O–H groups in total. The van der Waals surface area contributed by atoms with Crippen LogP contribution in [0.15, 0.2) is 79.3 Å². The van der Waals surface area contributed by atoms with Gasteiger partial charge in [0.2, 0.25) is 0 Å². The number of benzene rings is 2. The molecule has 0 spiro atoms. The number of nitrogens with zero attached hydrogens (tertiary/aromatic N) is 5. The predicted molar refractivity (Wildman–Crippen MR) is 131 cm³/mol. The van der Waals surface area contributed by atoms with E-state index in [1.165, 1.54) is 5.56 Å². The van der Waals surface area contributed by atoms with Gasteiger partial charge in [-0.3, -0.25) is 9.78 Å². The quantitative estimate of drug-likeness (QED) is 0.454. The molecule has 7 nitrogen and oxygen atoms in total. The van der Waals surface area contributed by atoms with Crippen LogP contribution in [-0.4, -0.2) is 63.9 Å². The second-order valence-electron chi connectivity index (χ2n) is 8.78. The molecule has 1 atom stereocenters. The highest BCUT2D eigenvalue weighted by Crippen LogP contribution is 2.22. The summed E-state index contributed by atoms with van der Waals surface area (Å²) in [5.41, 5.74) is 2.80. The van der Waals surface area contributed by atoms with Crippen LogP contribution < -0.4 is 4.74 Å². The number of para-hydroxylation sites is 1. The van der Waals surface area contributed by atoms with E-state index in [0.29, 0.717) is 30.3 Å². The fourth-order valence-corrected chi connectivity index (χ4v) is 4.48. The van der Waals surface area contributed by atoms with Crippen LogP contribution >= 0.6 is 0 Å². The normalized spacial score (nSPS) is 16.9. The Morgan fingerprint density at radius 1 is 0.971 bits per heavy atom. The number of amides is 1. The van der Waals surface area contributed by atoms with Crippen molar-refractivity contribution < 1.29 is 9.53 Å². The summed E-state index contributed by atoms with van der Waals surface area (Å²) >= 11 is 0. The minimum Gasteiger partial charge on any atom is -0.424 e. The number of aromatic nitrogens is 3. The molecule has 172 valence electrons. The molecule has 4 aromatic rings.